The molecular formula is C8H15N2+. The van der Waals surface area contributed by atoms with Crippen LogP contribution < -0.4 is 4.68 Å². The molecule has 0 aromatic carbocycles. The molecule has 0 aliphatic carbocycles. The van der Waals surface area contributed by atoms with E-state index in [-0.39, 0.29) is 0 Å². The Hall–Kier alpha value is -0.790. The molecule has 2 nitrogen and oxygen atoms in total. The minimum atomic E-state index is 0.617. The van der Waals surface area contributed by atoms with Crippen LogP contribution in [0.15, 0.2) is 12.3 Å². The third-order valence-electron chi connectivity index (χ3n) is 1.90. The van der Waals surface area contributed by atoms with Gasteiger partial charge < -0.3 is 0 Å². The number of aromatic nitrogens is 2. The zero-order chi connectivity index (χ0) is 7.72. The van der Waals surface area contributed by atoms with E-state index in [4.69, 9.17) is 0 Å². The first-order valence-electron chi connectivity index (χ1n) is 3.64. The zero-order valence-corrected chi connectivity index (χ0v) is 7.13. The van der Waals surface area contributed by atoms with Gasteiger partial charge in [-0.25, -0.2) is 0 Å². The second kappa shape index (κ2) is 2.45. The predicted octanol–water partition coefficient (Wildman–Crippen LogP) is 0.973. The number of hydrogen-bond donors (Lipinski definition) is 0. The van der Waals surface area contributed by atoms with Crippen LogP contribution in [0, 0.1) is 0 Å². The van der Waals surface area contributed by atoms with Gasteiger partial charge in [0.15, 0.2) is 13.2 Å². The maximum atomic E-state index is 2.20. The molecular weight excluding hydrogens is 124 g/mol. The van der Waals surface area contributed by atoms with Gasteiger partial charge in [0.1, 0.15) is 0 Å². The molecule has 0 aliphatic rings. The summed E-state index contributed by atoms with van der Waals surface area (Å²) in [5, 5.41) is 0. The van der Waals surface area contributed by atoms with Crippen LogP contribution in [-0.4, -0.2) is 4.68 Å². The highest BCUT2D eigenvalue weighted by atomic mass is 15.4. The topological polar surface area (TPSA) is 8.81 Å². The fourth-order valence-electron chi connectivity index (χ4n) is 1.14. The first kappa shape index (κ1) is 7.32. The van der Waals surface area contributed by atoms with Crippen molar-refractivity contribution >= 4 is 0 Å². The summed E-state index contributed by atoms with van der Waals surface area (Å²) >= 11 is 0. The van der Waals surface area contributed by atoms with Crippen LogP contribution in [-0.2, 0) is 14.1 Å². The largest absolute Gasteiger partial charge is 0.195 e. The summed E-state index contributed by atoms with van der Waals surface area (Å²) in [5.41, 5.74) is 1.38. The van der Waals surface area contributed by atoms with Crippen LogP contribution in [0.4, 0.5) is 0 Å². The Kier molecular flexibility index (Phi) is 1.79. The highest BCUT2D eigenvalue weighted by molar-refractivity contribution is 5.01. The molecule has 0 spiro atoms. The van der Waals surface area contributed by atoms with Gasteiger partial charge in [0.05, 0.1) is 12.7 Å². The van der Waals surface area contributed by atoms with E-state index in [0.29, 0.717) is 5.92 Å². The summed E-state index contributed by atoms with van der Waals surface area (Å²) in [6.07, 6.45) is 2.08. The normalized spacial score (nSPS) is 10.9. The molecule has 1 aromatic rings. The molecule has 1 heterocycles. The molecule has 1 aromatic heterocycles. The highest BCUT2D eigenvalue weighted by Crippen LogP contribution is 2.09. The van der Waals surface area contributed by atoms with Gasteiger partial charge in [-0.05, 0) is 5.92 Å². The number of nitrogens with zero attached hydrogens (tertiary/aromatic N) is 2. The van der Waals surface area contributed by atoms with Crippen molar-refractivity contribution in [2.45, 2.75) is 19.8 Å². The van der Waals surface area contributed by atoms with Gasteiger partial charge in [0.2, 0.25) is 0 Å². The lowest BCUT2D eigenvalue weighted by Gasteiger charge is -2.01. The van der Waals surface area contributed by atoms with E-state index in [1.54, 1.807) is 0 Å². The van der Waals surface area contributed by atoms with E-state index in [1.807, 2.05) is 7.05 Å². The molecule has 0 N–H and O–H groups in total. The van der Waals surface area contributed by atoms with Crippen LogP contribution >= 0.6 is 0 Å². The van der Waals surface area contributed by atoms with Gasteiger partial charge in [0, 0.05) is 6.07 Å². The Morgan fingerprint density at radius 2 is 2.10 bits per heavy atom. The molecule has 2 heteroatoms. The molecule has 0 atom stereocenters. The van der Waals surface area contributed by atoms with Crippen molar-refractivity contribution in [3.05, 3.63) is 18.0 Å². The Morgan fingerprint density at radius 1 is 1.50 bits per heavy atom. The summed E-state index contributed by atoms with van der Waals surface area (Å²) in [5.74, 6) is 0.617. The predicted molar refractivity (Wildman–Crippen MR) is 40.7 cm³/mol. The first-order valence-corrected chi connectivity index (χ1v) is 3.64. The van der Waals surface area contributed by atoms with E-state index < -0.39 is 0 Å². The highest BCUT2D eigenvalue weighted by Gasteiger charge is 2.09. The zero-order valence-electron chi connectivity index (χ0n) is 7.13. The fraction of sp³-hybridized carbons (Fsp3) is 0.625. The molecule has 56 valence electrons. The van der Waals surface area contributed by atoms with Crippen LogP contribution in [0.1, 0.15) is 25.5 Å². The molecule has 1 rings (SSSR count). The number of hydrogen-bond acceptors (Lipinski definition) is 0. The monoisotopic (exact) mass is 139 g/mol. The van der Waals surface area contributed by atoms with Crippen molar-refractivity contribution < 1.29 is 4.68 Å². The van der Waals surface area contributed by atoms with E-state index >= 15 is 0 Å². The molecule has 0 fully saturated rings. The third-order valence-corrected chi connectivity index (χ3v) is 1.90. The van der Waals surface area contributed by atoms with E-state index in [0.717, 1.165) is 0 Å². The van der Waals surface area contributed by atoms with Gasteiger partial charge >= 0.3 is 0 Å². The van der Waals surface area contributed by atoms with Gasteiger partial charge in [0.25, 0.3) is 0 Å². The van der Waals surface area contributed by atoms with Crippen molar-refractivity contribution in [3.8, 4) is 0 Å². The molecule has 0 saturated heterocycles. The fourth-order valence-corrected chi connectivity index (χ4v) is 1.14. The van der Waals surface area contributed by atoms with Crippen molar-refractivity contribution in [3.63, 3.8) is 0 Å². The van der Waals surface area contributed by atoms with Crippen LogP contribution in [0.2, 0.25) is 0 Å². The summed E-state index contributed by atoms with van der Waals surface area (Å²) in [4.78, 5) is 0. The Morgan fingerprint density at radius 3 is 2.30 bits per heavy atom. The van der Waals surface area contributed by atoms with Crippen molar-refractivity contribution in [1.82, 2.24) is 4.68 Å². The average molecular weight is 139 g/mol. The van der Waals surface area contributed by atoms with Gasteiger partial charge in [-0.3, -0.25) is 0 Å². The van der Waals surface area contributed by atoms with Gasteiger partial charge in [-0.2, -0.15) is 4.68 Å². The first-order chi connectivity index (χ1) is 4.63. The minimum Gasteiger partial charge on any atom is -0.161 e. The summed E-state index contributed by atoms with van der Waals surface area (Å²) in [7, 11) is 4.13. The molecule has 0 saturated carbocycles. The second-order valence-electron chi connectivity index (χ2n) is 2.99. The molecule has 0 bridgehead atoms. The van der Waals surface area contributed by atoms with E-state index in [9.17, 15) is 0 Å². The average Bonchev–Trinajstić information content (AvgIpc) is 2.14. The molecule has 0 radical (unpaired) electrons. The van der Waals surface area contributed by atoms with Gasteiger partial charge in [-0.15, -0.1) is 4.68 Å². The quantitative estimate of drug-likeness (QED) is 0.513. The lowest BCUT2D eigenvalue weighted by molar-refractivity contribution is -0.751. The molecule has 0 aliphatic heterocycles. The number of rotatable bonds is 1. The van der Waals surface area contributed by atoms with Crippen LogP contribution in [0.5, 0.6) is 0 Å². The van der Waals surface area contributed by atoms with E-state index in [2.05, 4.69) is 42.5 Å². The molecule has 0 unspecified atom stereocenters. The van der Waals surface area contributed by atoms with Crippen molar-refractivity contribution in [2.75, 3.05) is 0 Å². The van der Waals surface area contributed by atoms with Crippen LogP contribution in [0.3, 0.4) is 0 Å². The summed E-state index contributed by atoms with van der Waals surface area (Å²) < 4.78 is 4.24. The Bertz CT molecular complexity index is 223. The van der Waals surface area contributed by atoms with E-state index in [1.165, 1.54) is 5.69 Å². The van der Waals surface area contributed by atoms with Gasteiger partial charge in [-0.1, -0.05) is 13.8 Å². The SMILES string of the molecule is CC(C)c1cc[n+](C)n1C. The van der Waals surface area contributed by atoms with Crippen molar-refractivity contribution in [1.29, 1.82) is 0 Å². The van der Waals surface area contributed by atoms with Crippen LogP contribution in [0.25, 0.3) is 0 Å². The maximum absolute atomic E-state index is 2.20. The Labute approximate surface area is 62.1 Å². The lowest BCUT2D eigenvalue weighted by atomic mass is 10.1. The second-order valence-corrected chi connectivity index (χ2v) is 2.99. The molecule has 0 amide bonds. The standard InChI is InChI=1S/C8H15N2/c1-7(2)8-5-6-9(3)10(8)4/h5-7H,1-4H3/q+1. The third kappa shape index (κ3) is 1.06. The molecule has 10 heavy (non-hydrogen) atoms. The number of aryl methyl sites for hydroxylation is 1. The lowest BCUT2D eigenvalue weighted by Crippen LogP contribution is -2.37. The van der Waals surface area contributed by atoms with Crippen molar-refractivity contribution in [2.24, 2.45) is 14.1 Å². The summed E-state index contributed by atoms with van der Waals surface area (Å²) in [6, 6.07) is 2.16. The smallest absolute Gasteiger partial charge is 0.161 e. The summed E-state index contributed by atoms with van der Waals surface area (Å²) in [6.45, 7) is 4.41. The maximum Gasteiger partial charge on any atom is 0.195 e. The minimum absolute atomic E-state index is 0.617. The Balaban J connectivity index is 3.05.